The molecule has 1 saturated heterocycles. The Morgan fingerprint density at radius 1 is 0.857 bits per heavy atom. The molecular formula is C15H10N2O4. The zero-order chi connectivity index (χ0) is 15.0. The maximum atomic E-state index is 12.3. The third-order valence-electron chi connectivity index (χ3n) is 3.45. The lowest BCUT2D eigenvalue weighted by atomic mass is 9.80. The fourth-order valence-electron chi connectivity index (χ4n) is 2.46. The van der Waals surface area contributed by atoms with E-state index >= 15 is 0 Å². The van der Waals surface area contributed by atoms with Crippen molar-refractivity contribution in [2.75, 3.05) is 0 Å². The summed E-state index contributed by atoms with van der Waals surface area (Å²) in [6.45, 7) is 0. The SMILES string of the molecule is O=C1NC(=O)C(C2=CC(=O)C(=O)C=C2)(c2ccccc2)N1. The highest BCUT2D eigenvalue weighted by Gasteiger charge is 2.50. The van der Waals surface area contributed by atoms with Gasteiger partial charge in [-0.3, -0.25) is 19.7 Å². The Morgan fingerprint density at radius 2 is 1.57 bits per heavy atom. The second-order valence-electron chi connectivity index (χ2n) is 4.69. The number of carbonyl (C=O) groups excluding carboxylic acids is 4. The number of carbonyl (C=O) groups is 4. The van der Waals surface area contributed by atoms with E-state index in [0.29, 0.717) is 5.56 Å². The van der Waals surface area contributed by atoms with Crippen molar-refractivity contribution < 1.29 is 19.2 Å². The van der Waals surface area contributed by atoms with Crippen molar-refractivity contribution in [2.45, 2.75) is 5.54 Å². The molecular weight excluding hydrogens is 272 g/mol. The number of benzene rings is 1. The number of ketones is 2. The topological polar surface area (TPSA) is 92.3 Å². The van der Waals surface area contributed by atoms with Crippen molar-refractivity contribution >= 4 is 23.5 Å². The Balaban J connectivity index is 2.20. The maximum absolute atomic E-state index is 12.3. The van der Waals surface area contributed by atoms with E-state index in [0.717, 1.165) is 12.2 Å². The lowest BCUT2D eigenvalue weighted by Crippen LogP contribution is -2.46. The molecule has 1 aromatic carbocycles. The summed E-state index contributed by atoms with van der Waals surface area (Å²) in [5, 5.41) is 4.73. The molecule has 1 unspecified atom stereocenters. The summed E-state index contributed by atoms with van der Waals surface area (Å²) in [6.07, 6.45) is 3.56. The van der Waals surface area contributed by atoms with Crippen LogP contribution in [0.4, 0.5) is 4.79 Å². The number of hydrogen-bond acceptors (Lipinski definition) is 4. The molecule has 0 saturated carbocycles. The standard InChI is InChI=1S/C15H10N2O4/c18-11-7-6-10(8-12(11)19)15(9-4-2-1-3-5-9)13(20)16-14(21)17-15/h1-8H,(H2,16,17,20,21). The van der Waals surface area contributed by atoms with Gasteiger partial charge >= 0.3 is 6.03 Å². The lowest BCUT2D eigenvalue weighted by molar-refractivity contribution is -0.131. The van der Waals surface area contributed by atoms with E-state index in [1.165, 1.54) is 6.08 Å². The first-order valence-electron chi connectivity index (χ1n) is 6.22. The molecule has 1 heterocycles. The second-order valence-corrected chi connectivity index (χ2v) is 4.69. The molecule has 0 aromatic heterocycles. The minimum Gasteiger partial charge on any atom is -0.316 e. The van der Waals surface area contributed by atoms with E-state index in [-0.39, 0.29) is 5.57 Å². The third-order valence-corrected chi connectivity index (χ3v) is 3.45. The molecule has 2 aliphatic rings. The molecule has 1 aliphatic carbocycles. The molecule has 6 heteroatoms. The number of amides is 3. The molecule has 0 spiro atoms. The summed E-state index contributed by atoms with van der Waals surface area (Å²) in [6, 6.07) is 7.89. The van der Waals surface area contributed by atoms with Crippen LogP contribution in [-0.4, -0.2) is 23.5 Å². The van der Waals surface area contributed by atoms with E-state index in [1.807, 2.05) is 0 Å². The fourth-order valence-corrected chi connectivity index (χ4v) is 2.46. The zero-order valence-electron chi connectivity index (χ0n) is 10.8. The summed E-state index contributed by atoms with van der Waals surface area (Å²) >= 11 is 0. The second kappa shape index (κ2) is 4.52. The first kappa shape index (κ1) is 13.0. The molecule has 6 nitrogen and oxygen atoms in total. The van der Waals surface area contributed by atoms with Gasteiger partial charge in [-0.25, -0.2) is 4.79 Å². The van der Waals surface area contributed by atoms with Crippen LogP contribution in [-0.2, 0) is 19.9 Å². The van der Waals surface area contributed by atoms with Crippen LogP contribution in [0.3, 0.4) is 0 Å². The summed E-state index contributed by atoms with van der Waals surface area (Å²) in [5.74, 6) is -1.97. The van der Waals surface area contributed by atoms with Gasteiger partial charge in [0.15, 0.2) is 5.54 Å². The predicted molar refractivity (Wildman–Crippen MR) is 72.0 cm³/mol. The molecule has 104 valence electrons. The van der Waals surface area contributed by atoms with Crippen LogP contribution in [0.1, 0.15) is 5.56 Å². The monoisotopic (exact) mass is 282 g/mol. The van der Waals surface area contributed by atoms with Gasteiger partial charge in [-0.1, -0.05) is 36.4 Å². The molecule has 3 amide bonds. The van der Waals surface area contributed by atoms with Crippen LogP contribution >= 0.6 is 0 Å². The average molecular weight is 282 g/mol. The van der Waals surface area contributed by atoms with E-state index < -0.39 is 29.0 Å². The van der Waals surface area contributed by atoms with Crippen LogP contribution in [0.2, 0.25) is 0 Å². The number of urea groups is 1. The van der Waals surface area contributed by atoms with Gasteiger partial charge in [0.2, 0.25) is 11.6 Å². The quantitative estimate of drug-likeness (QED) is 0.465. The molecule has 2 N–H and O–H groups in total. The van der Waals surface area contributed by atoms with Crippen molar-refractivity contribution in [2.24, 2.45) is 0 Å². The van der Waals surface area contributed by atoms with E-state index in [9.17, 15) is 19.2 Å². The number of imide groups is 1. The van der Waals surface area contributed by atoms with Gasteiger partial charge in [-0.05, 0) is 23.3 Å². The van der Waals surface area contributed by atoms with Crippen molar-refractivity contribution in [3.05, 3.63) is 59.7 Å². The zero-order valence-corrected chi connectivity index (χ0v) is 10.8. The minimum absolute atomic E-state index is 0.252. The molecule has 1 aromatic rings. The Morgan fingerprint density at radius 3 is 2.14 bits per heavy atom. The van der Waals surface area contributed by atoms with E-state index in [4.69, 9.17) is 0 Å². The van der Waals surface area contributed by atoms with Gasteiger partial charge in [0, 0.05) is 0 Å². The van der Waals surface area contributed by atoms with Gasteiger partial charge < -0.3 is 5.32 Å². The summed E-state index contributed by atoms with van der Waals surface area (Å²) in [4.78, 5) is 46.8. The molecule has 3 rings (SSSR count). The highest BCUT2D eigenvalue weighted by molar-refractivity contribution is 6.46. The summed E-state index contributed by atoms with van der Waals surface area (Å²) in [7, 11) is 0. The minimum atomic E-state index is -1.49. The van der Waals surface area contributed by atoms with Gasteiger partial charge in [-0.2, -0.15) is 0 Å². The van der Waals surface area contributed by atoms with E-state index in [2.05, 4.69) is 10.6 Å². The maximum Gasteiger partial charge on any atom is 0.322 e. The molecule has 21 heavy (non-hydrogen) atoms. The molecule has 1 fully saturated rings. The molecule has 0 radical (unpaired) electrons. The first-order valence-corrected chi connectivity index (χ1v) is 6.22. The van der Waals surface area contributed by atoms with Crippen molar-refractivity contribution in [1.82, 2.24) is 10.6 Å². The largest absolute Gasteiger partial charge is 0.322 e. The number of rotatable bonds is 2. The average Bonchev–Trinajstić information content (AvgIpc) is 2.78. The van der Waals surface area contributed by atoms with Crippen LogP contribution in [0.15, 0.2) is 54.1 Å². The van der Waals surface area contributed by atoms with Crippen LogP contribution in [0.25, 0.3) is 0 Å². The molecule has 1 atom stereocenters. The lowest BCUT2D eigenvalue weighted by Gasteiger charge is -2.28. The van der Waals surface area contributed by atoms with Gasteiger partial charge in [-0.15, -0.1) is 0 Å². The van der Waals surface area contributed by atoms with Crippen LogP contribution in [0, 0.1) is 0 Å². The smallest absolute Gasteiger partial charge is 0.316 e. The molecule has 0 bridgehead atoms. The number of nitrogens with one attached hydrogen (secondary N) is 2. The Kier molecular flexibility index (Phi) is 2.79. The Bertz CT molecular complexity index is 733. The van der Waals surface area contributed by atoms with Gasteiger partial charge in [0.1, 0.15) is 0 Å². The van der Waals surface area contributed by atoms with Gasteiger partial charge in [0.25, 0.3) is 5.91 Å². The highest BCUT2D eigenvalue weighted by Crippen LogP contribution is 2.34. The van der Waals surface area contributed by atoms with Gasteiger partial charge in [0.05, 0.1) is 0 Å². The normalized spacial score (nSPS) is 24.7. The predicted octanol–water partition coefficient (Wildman–Crippen LogP) is 0.356. The van der Waals surface area contributed by atoms with Crippen LogP contribution < -0.4 is 10.6 Å². The third kappa shape index (κ3) is 1.88. The van der Waals surface area contributed by atoms with Crippen LogP contribution in [0.5, 0.6) is 0 Å². The fraction of sp³-hybridized carbons (Fsp3) is 0.0667. The Hall–Kier alpha value is -3.02. The van der Waals surface area contributed by atoms with Crippen molar-refractivity contribution in [1.29, 1.82) is 0 Å². The number of allylic oxidation sites excluding steroid dienone is 2. The number of hydrogen-bond donors (Lipinski definition) is 2. The van der Waals surface area contributed by atoms with Crippen molar-refractivity contribution in [3.8, 4) is 0 Å². The van der Waals surface area contributed by atoms with Crippen molar-refractivity contribution in [3.63, 3.8) is 0 Å². The molecule has 1 aliphatic heterocycles. The highest BCUT2D eigenvalue weighted by atomic mass is 16.2. The summed E-state index contributed by atoms with van der Waals surface area (Å²) < 4.78 is 0. The summed E-state index contributed by atoms with van der Waals surface area (Å²) in [5.41, 5.74) is -0.737. The first-order chi connectivity index (χ1) is 10.0. The Labute approximate surface area is 119 Å². The van der Waals surface area contributed by atoms with E-state index in [1.54, 1.807) is 30.3 Å².